The summed E-state index contributed by atoms with van der Waals surface area (Å²) in [6.07, 6.45) is 3.92. The highest BCUT2D eigenvalue weighted by Gasteiger charge is 2.26. The smallest absolute Gasteiger partial charge is 0.249 e. The van der Waals surface area contributed by atoms with Gasteiger partial charge in [0.2, 0.25) is 11.8 Å². The fourth-order valence-electron chi connectivity index (χ4n) is 1.69. The standard InChI is InChI=1S/C11H13N3O3/c15-6-7-3-8(5-12-4-7)13-9-1-2-10(16)14-11(9)17/h3-5,9,13,15H,1-2,6H2,(H,14,16,17). The molecule has 1 atom stereocenters. The molecule has 0 aliphatic carbocycles. The van der Waals surface area contributed by atoms with Crippen molar-refractivity contribution in [2.24, 2.45) is 0 Å². The summed E-state index contributed by atoms with van der Waals surface area (Å²) < 4.78 is 0. The fraction of sp³-hybridized carbons (Fsp3) is 0.364. The van der Waals surface area contributed by atoms with E-state index in [1.807, 2.05) is 0 Å². The number of carbonyl (C=O) groups is 2. The van der Waals surface area contributed by atoms with E-state index < -0.39 is 6.04 Å². The molecule has 1 aromatic heterocycles. The van der Waals surface area contributed by atoms with E-state index in [0.29, 0.717) is 24.1 Å². The molecule has 0 aromatic carbocycles. The number of anilines is 1. The van der Waals surface area contributed by atoms with Crippen LogP contribution in [0.4, 0.5) is 5.69 Å². The first-order valence-electron chi connectivity index (χ1n) is 5.34. The van der Waals surface area contributed by atoms with E-state index in [4.69, 9.17) is 5.11 Å². The molecular formula is C11H13N3O3. The van der Waals surface area contributed by atoms with Gasteiger partial charge in [0.25, 0.3) is 0 Å². The Morgan fingerprint density at radius 3 is 3.00 bits per heavy atom. The zero-order valence-electron chi connectivity index (χ0n) is 9.14. The third kappa shape index (κ3) is 2.79. The van der Waals surface area contributed by atoms with Crippen molar-refractivity contribution < 1.29 is 14.7 Å². The van der Waals surface area contributed by atoms with Gasteiger partial charge in [0.05, 0.1) is 12.3 Å². The highest BCUT2D eigenvalue weighted by atomic mass is 16.3. The van der Waals surface area contributed by atoms with Crippen LogP contribution in [-0.2, 0) is 16.2 Å². The fourth-order valence-corrected chi connectivity index (χ4v) is 1.69. The maximum atomic E-state index is 11.5. The van der Waals surface area contributed by atoms with Crippen molar-refractivity contribution in [1.29, 1.82) is 0 Å². The van der Waals surface area contributed by atoms with Crippen LogP contribution in [0, 0.1) is 0 Å². The molecule has 1 aliphatic heterocycles. The van der Waals surface area contributed by atoms with Gasteiger partial charge in [-0.1, -0.05) is 0 Å². The molecule has 2 rings (SSSR count). The van der Waals surface area contributed by atoms with Crippen LogP contribution in [0.2, 0.25) is 0 Å². The summed E-state index contributed by atoms with van der Waals surface area (Å²) in [5.74, 6) is -0.564. The lowest BCUT2D eigenvalue weighted by molar-refractivity contribution is -0.133. The summed E-state index contributed by atoms with van der Waals surface area (Å²) in [7, 11) is 0. The average Bonchev–Trinajstić information content (AvgIpc) is 2.33. The summed E-state index contributed by atoms with van der Waals surface area (Å²) in [5.41, 5.74) is 1.33. The first kappa shape index (κ1) is 11.5. The van der Waals surface area contributed by atoms with Crippen molar-refractivity contribution in [1.82, 2.24) is 10.3 Å². The van der Waals surface area contributed by atoms with Gasteiger partial charge >= 0.3 is 0 Å². The number of hydrogen-bond donors (Lipinski definition) is 3. The number of amides is 2. The van der Waals surface area contributed by atoms with Crippen molar-refractivity contribution in [2.45, 2.75) is 25.5 Å². The van der Waals surface area contributed by atoms with Crippen LogP contribution in [-0.4, -0.2) is 27.9 Å². The highest BCUT2D eigenvalue weighted by molar-refractivity contribution is 6.01. The van der Waals surface area contributed by atoms with Gasteiger partial charge in [0.15, 0.2) is 0 Å². The SMILES string of the molecule is O=C1CCC(Nc2cncc(CO)c2)C(=O)N1. The molecule has 1 aromatic rings. The van der Waals surface area contributed by atoms with Gasteiger partial charge in [0, 0.05) is 18.8 Å². The molecule has 90 valence electrons. The zero-order chi connectivity index (χ0) is 12.3. The second-order valence-corrected chi connectivity index (χ2v) is 3.89. The van der Waals surface area contributed by atoms with Crippen molar-refractivity contribution in [3.05, 3.63) is 24.0 Å². The Morgan fingerprint density at radius 1 is 1.47 bits per heavy atom. The zero-order valence-corrected chi connectivity index (χ0v) is 9.14. The van der Waals surface area contributed by atoms with E-state index in [1.165, 1.54) is 0 Å². The van der Waals surface area contributed by atoms with E-state index in [0.717, 1.165) is 0 Å². The molecule has 1 saturated heterocycles. The molecule has 6 nitrogen and oxygen atoms in total. The lowest BCUT2D eigenvalue weighted by atomic mass is 10.1. The first-order valence-corrected chi connectivity index (χ1v) is 5.34. The van der Waals surface area contributed by atoms with E-state index in [9.17, 15) is 9.59 Å². The predicted octanol–water partition coefficient (Wildman–Crippen LogP) is -0.209. The van der Waals surface area contributed by atoms with Gasteiger partial charge in [-0.05, 0) is 18.1 Å². The second kappa shape index (κ2) is 4.92. The summed E-state index contributed by atoms with van der Waals surface area (Å²) in [4.78, 5) is 26.4. The van der Waals surface area contributed by atoms with Crippen molar-refractivity contribution >= 4 is 17.5 Å². The Balaban J connectivity index is 2.05. The average molecular weight is 235 g/mol. The molecule has 1 fully saturated rings. The summed E-state index contributed by atoms with van der Waals surface area (Å²) in [6.45, 7) is -0.0993. The van der Waals surface area contributed by atoms with Gasteiger partial charge < -0.3 is 10.4 Å². The molecule has 6 heteroatoms. The Labute approximate surface area is 98.1 Å². The summed E-state index contributed by atoms with van der Waals surface area (Å²) >= 11 is 0. The van der Waals surface area contributed by atoms with Crippen LogP contribution >= 0.6 is 0 Å². The van der Waals surface area contributed by atoms with Crippen LogP contribution in [0.3, 0.4) is 0 Å². The Hall–Kier alpha value is -1.95. The lowest BCUT2D eigenvalue weighted by Gasteiger charge is -2.22. The number of hydrogen-bond acceptors (Lipinski definition) is 5. The van der Waals surface area contributed by atoms with Crippen LogP contribution < -0.4 is 10.6 Å². The number of imide groups is 1. The number of nitrogens with zero attached hydrogens (tertiary/aromatic N) is 1. The Morgan fingerprint density at radius 2 is 2.29 bits per heavy atom. The van der Waals surface area contributed by atoms with Gasteiger partial charge in [-0.3, -0.25) is 19.9 Å². The van der Waals surface area contributed by atoms with Gasteiger partial charge in [0.1, 0.15) is 6.04 Å². The third-order valence-electron chi connectivity index (χ3n) is 2.56. The minimum atomic E-state index is -0.427. The van der Waals surface area contributed by atoms with Crippen molar-refractivity contribution in [3.8, 4) is 0 Å². The lowest BCUT2D eigenvalue weighted by Crippen LogP contribution is -2.47. The van der Waals surface area contributed by atoms with Crippen molar-refractivity contribution in [3.63, 3.8) is 0 Å². The molecule has 2 amide bonds. The van der Waals surface area contributed by atoms with Crippen LogP contribution in [0.15, 0.2) is 18.5 Å². The summed E-state index contributed by atoms with van der Waals surface area (Å²) in [6, 6.07) is 1.29. The quantitative estimate of drug-likeness (QED) is 0.631. The largest absolute Gasteiger partial charge is 0.392 e. The molecular weight excluding hydrogens is 222 g/mol. The predicted molar refractivity (Wildman–Crippen MR) is 60.0 cm³/mol. The molecule has 3 N–H and O–H groups in total. The normalized spacial score (nSPS) is 19.9. The number of pyridine rings is 1. The van der Waals surface area contributed by atoms with Crippen LogP contribution in [0.5, 0.6) is 0 Å². The monoisotopic (exact) mass is 235 g/mol. The van der Waals surface area contributed by atoms with Crippen LogP contribution in [0.25, 0.3) is 0 Å². The third-order valence-corrected chi connectivity index (χ3v) is 2.56. The highest BCUT2D eigenvalue weighted by Crippen LogP contribution is 2.14. The second-order valence-electron chi connectivity index (χ2n) is 3.89. The first-order chi connectivity index (χ1) is 8.19. The molecule has 0 spiro atoms. The molecule has 1 aliphatic rings. The topological polar surface area (TPSA) is 91.3 Å². The number of rotatable bonds is 3. The number of aliphatic hydroxyl groups is 1. The van der Waals surface area contributed by atoms with Crippen LogP contribution in [0.1, 0.15) is 18.4 Å². The minimum Gasteiger partial charge on any atom is -0.392 e. The number of piperidine rings is 1. The summed E-state index contributed by atoms with van der Waals surface area (Å²) in [5, 5.41) is 14.2. The molecule has 0 saturated carbocycles. The van der Waals surface area contributed by atoms with Gasteiger partial charge in [-0.2, -0.15) is 0 Å². The number of nitrogens with one attached hydrogen (secondary N) is 2. The maximum Gasteiger partial charge on any atom is 0.249 e. The number of carbonyl (C=O) groups excluding carboxylic acids is 2. The van der Waals surface area contributed by atoms with Crippen molar-refractivity contribution in [2.75, 3.05) is 5.32 Å². The Kier molecular flexibility index (Phi) is 3.34. The van der Waals surface area contributed by atoms with E-state index in [-0.39, 0.29) is 18.4 Å². The molecule has 0 radical (unpaired) electrons. The maximum absolute atomic E-state index is 11.5. The molecule has 1 unspecified atom stereocenters. The molecule has 0 bridgehead atoms. The minimum absolute atomic E-state index is 0.0993. The van der Waals surface area contributed by atoms with Gasteiger partial charge in [-0.15, -0.1) is 0 Å². The van der Waals surface area contributed by atoms with E-state index >= 15 is 0 Å². The molecule has 17 heavy (non-hydrogen) atoms. The van der Waals surface area contributed by atoms with E-state index in [1.54, 1.807) is 18.5 Å². The Bertz CT molecular complexity index is 447. The van der Waals surface area contributed by atoms with E-state index in [2.05, 4.69) is 15.6 Å². The van der Waals surface area contributed by atoms with Gasteiger partial charge in [-0.25, -0.2) is 0 Å². The number of aromatic nitrogens is 1. The number of aliphatic hydroxyl groups excluding tert-OH is 1. The molecule has 2 heterocycles.